The summed E-state index contributed by atoms with van der Waals surface area (Å²) in [6.07, 6.45) is 4.18. The van der Waals surface area contributed by atoms with Crippen LogP contribution in [0.1, 0.15) is 31.8 Å². The predicted octanol–water partition coefficient (Wildman–Crippen LogP) is 2.34. The van der Waals surface area contributed by atoms with Crippen molar-refractivity contribution < 1.29 is 19.1 Å². The Kier molecular flexibility index (Phi) is 5.73. The van der Waals surface area contributed by atoms with Crippen LogP contribution in [0.2, 0.25) is 0 Å². The van der Waals surface area contributed by atoms with Crippen molar-refractivity contribution in [2.75, 3.05) is 19.5 Å². The van der Waals surface area contributed by atoms with E-state index in [1.807, 2.05) is 31.2 Å². The van der Waals surface area contributed by atoms with Gasteiger partial charge in [0, 0.05) is 23.6 Å². The van der Waals surface area contributed by atoms with Crippen LogP contribution in [0.25, 0.3) is 6.08 Å². The Balaban J connectivity index is 2.45. The molecule has 0 aliphatic heterocycles. The third-order valence-electron chi connectivity index (χ3n) is 3.48. The maximum absolute atomic E-state index is 12.0. The quantitative estimate of drug-likeness (QED) is 0.810. The monoisotopic (exact) mass is 342 g/mol. The zero-order chi connectivity index (χ0) is 18.4. The van der Waals surface area contributed by atoms with E-state index in [4.69, 9.17) is 4.74 Å². The molecule has 2 aromatic rings. The van der Waals surface area contributed by atoms with Gasteiger partial charge in [-0.1, -0.05) is 17.7 Å². The number of aromatic amines is 1. The highest BCUT2D eigenvalue weighted by Gasteiger charge is 2.22. The molecule has 130 valence electrons. The topological polar surface area (TPSA) is 97.5 Å². The van der Waals surface area contributed by atoms with Gasteiger partial charge in [-0.3, -0.25) is 4.79 Å². The molecule has 7 heteroatoms. The van der Waals surface area contributed by atoms with E-state index in [-0.39, 0.29) is 16.7 Å². The van der Waals surface area contributed by atoms with Gasteiger partial charge in [0.2, 0.25) is 0 Å². The van der Waals surface area contributed by atoms with Crippen molar-refractivity contribution in [3.8, 4) is 0 Å². The van der Waals surface area contributed by atoms with Gasteiger partial charge in [-0.05, 0) is 25.1 Å². The Morgan fingerprint density at radius 3 is 2.32 bits per heavy atom. The summed E-state index contributed by atoms with van der Waals surface area (Å²) >= 11 is 0. The second-order valence-electron chi connectivity index (χ2n) is 5.15. The van der Waals surface area contributed by atoms with Gasteiger partial charge in [0.05, 0.1) is 19.8 Å². The first-order chi connectivity index (χ1) is 12.0. The summed E-state index contributed by atoms with van der Waals surface area (Å²) in [5.74, 6) is -1.53. The molecule has 25 heavy (non-hydrogen) atoms. The molecule has 0 bridgehead atoms. The molecule has 0 amide bonds. The lowest BCUT2D eigenvalue weighted by Crippen LogP contribution is -2.23. The first-order valence-electron chi connectivity index (χ1n) is 7.40. The molecule has 1 aromatic heterocycles. The number of carbonyl (C=O) groups is 2. The molecule has 0 aliphatic rings. The zero-order valence-corrected chi connectivity index (χ0v) is 14.1. The Bertz CT molecular complexity index is 866. The van der Waals surface area contributed by atoms with Crippen molar-refractivity contribution in [2.45, 2.75) is 6.92 Å². The van der Waals surface area contributed by atoms with Gasteiger partial charge in [-0.25, -0.2) is 9.59 Å². The predicted molar refractivity (Wildman–Crippen MR) is 93.6 cm³/mol. The Labute approximate surface area is 144 Å². The molecule has 0 aliphatic carbocycles. The highest BCUT2D eigenvalue weighted by Crippen LogP contribution is 2.16. The largest absolute Gasteiger partial charge is 0.465 e. The van der Waals surface area contributed by atoms with Crippen molar-refractivity contribution in [3.05, 3.63) is 69.3 Å². The lowest BCUT2D eigenvalue weighted by atomic mass is 10.0. The number of benzene rings is 1. The highest BCUT2D eigenvalue weighted by atomic mass is 16.5. The first kappa shape index (κ1) is 18.0. The van der Waals surface area contributed by atoms with E-state index in [2.05, 4.69) is 15.0 Å². The minimum absolute atomic E-state index is 0.0458. The van der Waals surface area contributed by atoms with E-state index in [1.54, 1.807) is 0 Å². The summed E-state index contributed by atoms with van der Waals surface area (Å²) in [6, 6.07) is 7.62. The summed E-state index contributed by atoms with van der Waals surface area (Å²) in [4.78, 5) is 38.2. The van der Waals surface area contributed by atoms with E-state index < -0.39 is 17.5 Å². The van der Waals surface area contributed by atoms with Gasteiger partial charge in [0.15, 0.2) is 0 Å². The fraction of sp³-hybridized carbons (Fsp3) is 0.167. The molecule has 1 heterocycles. The summed E-state index contributed by atoms with van der Waals surface area (Å²) in [5.41, 5.74) is 1.16. The second-order valence-corrected chi connectivity index (χ2v) is 5.15. The normalized spacial score (nSPS) is 10.5. The van der Waals surface area contributed by atoms with Crippen LogP contribution in [0.4, 0.5) is 5.69 Å². The molecule has 0 fully saturated rings. The molecule has 0 saturated carbocycles. The molecule has 2 rings (SSSR count). The van der Waals surface area contributed by atoms with Crippen LogP contribution >= 0.6 is 0 Å². The molecule has 2 N–H and O–H groups in total. The van der Waals surface area contributed by atoms with Gasteiger partial charge < -0.3 is 19.8 Å². The van der Waals surface area contributed by atoms with Crippen molar-refractivity contribution in [1.82, 2.24) is 4.98 Å². The second kappa shape index (κ2) is 7.96. The van der Waals surface area contributed by atoms with Gasteiger partial charge >= 0.3 is 11.9 Å². The summed E-state index contributed by atoms with van der Waals surface area (Å²) in [6.45, 7) is 1.97. The number of aryl methyl sites for hydroxylation is 1. The first-order valence-corrected chi connectivity index (χ1v) is 7.40. The SMILES string of the molecule is COC(=O)c1c[nH]c(=O)c(C(=O)OC)c1C=CNc1ccc(C)cc1. The van der Waals surface area contributed by atoms with Crippen molar-refractivity contribution in [1.29, 1.82) is 0 Å². The van der Waals surface area contributed by atoms with Crippen molar-refractivity contribution in [3.63, 3.8) is 0 Å². The smallest absolute Gasteiger partial charge is 0.344 e. The maximum Gasteiger partial charge on any atom is 0.344 e. The molecule has 0 spiro atoms. The molecular weight excluding hydrogens is 324 g/mol. The van der Waals surface area contributed by atoms with E-state index in [9.17, 15) is 14.4 Å². The molecule has 7 nitrogen and oxygen atoms in total. The molecule has 0 atom stereocenters. The Hall–Kier alpha value is -3.35. The number of ether oxygens (including phenoxy) is 2. The van der Waals surface area contributed by atoms with Crippen LogP contribution in [0.3, 0.4) is 0 Å². The number of aromatic nitrogens is 1. The summed E-state index contributed by atoms with van der Waals surface area (Å²) < 4.78 is 9.33. The molecule has 0 saturated heterocycles. The van der Waals surface area contributed by atoms with Gasteiger partial charge in [0.25, 0.3) is 5.56 Å². The summed E-state index contributed by atoms with van der Waals surface area (Å²) in [7, 11) is 2.37. The number of esters is 2. The zero-order valence-electron chi connectivity index (χ0n) is 14.1. The minimum Gasteiger partial charge on any atom is -0.465 e. The van der Waals surface area contributed by atoms with E-state index in [1.165, 1.54) is 25.6 Å². The van der Waals surface area contributed by atoms with Crippen LogP contribution in [-0.4, -0.2) is 31.1 Å². The average molecular weight is 342 g/mol. The van der Waals surface area contributed by atoms with Crippen LogP contribution in [0, 0.1) is 6.92 Å². The van der Waals surface area contributed by atoms with Gasteiger partial charge in [-0.15, -0.1) is 0 Å². The number of rotatable bonds is 5. The fourth-order valence-electron chi connectivity index (χ4n) is 2.17. The highest BCUT2D eigenvalue weighted by molar-refractivity contribution is 6.00. The molecule has 0 radical (unpaired) electrons. The van der Waals surface area contributed by atoms with Crippen molar-refractivity contribution in [2.24, 2.45) is 0 Å². The van der Waals surface area contributed by atoms with E-state index in [0.29, 0.717) is 0 Å². The fourth-order valence-corrected chi connectivity index (χ4v) is 2.17. The number of nitrogens with one attached hydrogen (secondary N) is 2. The minimum atomic E-state index is -0.845. The van der Waals surface area contributed by atoms with Crippen LogP contribution < -0.4 is 10.9 Å². The van der Waals surface area contributed by atoms with E-state index >= 15 is 0 Å². The number of H-pyrrole nitrogens is 1. The number of carbonyl (C=O) groups excluding carboxylic acids is 2. The van der Waals surface area contributed by atoms with Gasteiger partial charge in [0.1, 0.15) is 5.56 Å². The number of anilines is 1. The number of methoxy groups -OCH3 is 2. The van der Waals surface area contributed by atoms with E-state index in [0.717, 1.165) is 18.4 Å². The lowest BCUT2D eigenvalue weighted by molar-refractivity contribution is 0.0596. The lowest BCUT2D eigenvalue weighted by Gasteiger charge is -2.08. The summed E-state index contributed by atoms with van der Waals surface area (Å²) in [5, 5.41) is 3.01. The molecule has 1 aromatic carbocycles. The maximum atomic E-state index is 12.0. The van der Waals surface area contributed by atoms with Crippen molar-refractivity contribution >= 4 is 23.7 Å². The van der Waals surface area contributed by atoms with Crippen LogP contribution in [0.15, 0.2) is 41.5 Å². The third kappa shape index (κ3) is 4.14. The number of hydrogen-bond donors (Lipinski definition) is 2. The van der Waals surface area contributed by atoms with Gasteiger partial charge in [-0.2, -0.15) is 0 Å². The van der Waals surface area contributed by atoms with Crippen LogP contribution in [-0.2, 0) is 9.47 Å². The molecular formula is C18H18N2O5. The average Bonchev–Trinajstić information content (AvgIpc) is 2.62. The molecule has 0 unspecified atom stereocenters. The number of hydrogen-bond acceptors (Lipinski definition) is 6. The Morgan fingerprint density at radius 2 is 1.72 bits per heavy atom. The number of pyridine rings is 1. The standard InChI is InChI=1S/C18H18N2O5/c1-11-4-6-12(7-5-11)19-9-8-13-14(17(22)24-2)10-20-16(21)15(13)18(23)25-3/h4-10,19H,1-3H3,(H,20,21). The third-order valence-corrected chi connectivity index (χ3v) is 3.48. The Morgan fingerprint density at radius 1 is 1.08 bits per heavy atom. The van der Waals surface area contributed by atoms with Crippen LogP contribution in [0.5, 0.6) is 0 Å².